The summed E-state index contributed by atoms with van der Waals surface area (Å²) in [6.07, 6.45) is 4.63. The van der Waals surface area contributed by atoms with Crippen molar-refractivity contribution in [3.05, 3.63) is 16.4 Å². The zero-order chi connectivity index (χ0) is 15.2. The van der Waals surface area contributed by atoms with Gasteiger partial charge in [-0.2, -0.15) is 5.10 Å². The molecule has 1 aliphatic heterocycles. The molecule has 21 heavy (non-hydrogen) atoms. The molecule has 1 saturated heterocycles. The van der Waals surface area contributed by atoms with Gasteiger partial charge in [-0.05, 0) is 45.7 Å². The second-order valence-electron chi connectivity index (χ2n) is 5.85. The van der Waals surface area contributed by atoms with Crippen LogP contribution in [-0.2, 0) is 19.5 Å². The summed E-state index contributed by atoms with van der Waals surface area (Å²) in [5.41, 5.74) is 2.22. The van der Waals surface area contributed by atoms with Gasteiger partial charge in [0.05, 0.1) is 16.4 Å². The molecule has 5 heteroatoms. The second-order valence-corrected chi connectivity index (χ2v) is 6.23. The maximum Gasteiger partial charge on any atom is 0.0863 e. The highest BCUT2D eigenvalue weighted by atomic mass is 35.5. The van der Waals surface area contributed by atoms with Crippen molar-refractivity contribution in [1.82, 2.24) is 20.0 Å². The second kappa shape index (κ2) is 8.16. The van der Waals surface area contributed by atoms with Crippen LogP contribution in [0.3, 0.4) is 0 Å². The van der Waals surface area contributed by atoms with Crippen molar-refractivity contribution in [3.8, 4) is 0 Å². The number of nitrogens with one attached hydrogen (secondary N) is 1. The standard InChI is InChI=1S/C16H29ClN4/c1-4-10-20(13-8-7-9-18-11-13)12-15-16(17)14(5-2)19-21(15)6-3/h13,18H,4-12H2,1-3H3. The third kappa shape index (κ3) is 3.99. The fourth-order valence-corrected chi connectivity index (χ4v) is 3.51. The molecule has 1 fully saturated rings. The molecule has 2 heterocycles. The molecule has 0 saturated carbocycles. The van der Waals surface area contributed by atoms with Gasteiger partial charge in [0.1, 0.15) is 0 Å². The molecule has 1 aromatic rings. The fourth-order valence-electron chi connectivity index (χ4n) is 3.18. The van der Waals surface area contributed by atoms with Crippen LogP contribution in [0.2, 0.25) is 5.02 Å². The fraction of sp³-hybridized carbons (Fsp3) is 0.812. The van der Waals surface area contributed by atoms with Gasteiger partial charge in [-0.3, -0.25) is 9.58 Å². The molecule has 4 nitrogen and oxygen atoms in total. The van der Waals surface area contributed by atoms with E-state index >= 15 is 0 Å². The molecule has 0 aliphatic carbocycles. The van der Waals surface area contributed by atoms with Gasteiger partial charge in [-0.1, -0.05) is 25.4 Å². The molecule has 1 aromatic heterocycles. The van der Waals surface area contributed by atoms with Gasteiger partial charge in [-0.25, -0.2) is 0 Å². The lowest BCUT2D eigenvalue weighted by Gasteiger charge is -2.34. The summed E-state index contributed by atoms with van der Waals surface area (Å²) in [6.45, 7) is 11.7. The van der Waals surface area contributed by atoms with E-state index in [0.29, 0.717) is 6.04 Å². The van der Waals surface area contributed by atoms with E-state index in [1.807, 2.05) is 0 Å². The Morgan fingerprint density at radius 2 is 2.19 bits per heavy atom. The van der Waals surface area contributed by atoms with Gasteiger partial charge in [-0.15, -0.1) is 0 Å². The monoisotopic (exact) mass is 312 g/mol. The first-order valence-corrected chi connectivity index (χ1v) is 8.77. The third-order valence-corrected chi connectivity index (χ3v) is 4.78. The normalized spacial score (nSPS) is 19.4. The van der Waals surface area contributed by atoms with E-state index in [0.717, 1.165) is 49.9 Å². The summed E-state index contributed by atoms with van der Waals surface area (Å²) in [5, 5.41) is 9.05. The number of aromatic nitrogens is 2. The summed E-state index contributed by atoms with van der Waals surface area (Å²) in [7, 11) is 0. The average Bonchev–Trinajstić information content (AvgIpc) is 2.83. The molecule has 120 valence electrons. The first-order chi connectivity index (χ1) is 10.2. The van der Waals surface area contributed by atoms with E-state index in [9.17, 15) is 0 Å². The highest BCUT2D eigenvalue weighted by molar-refractivity contribution is 6.31. The van der Waals surface area contributed by atoms with Crippen molar-refractivity contribution < 1.29 is 0 Å². The zero-order valence-corrected chi connectivity index (χ0v) is 14.4. The van der Waals surface area contributed by atoms with Crippen molar-refractivity contribution in [1.29, 1.82) is 0 Å². The largest absolute Gasteiger partial charge is 0.315 e. The van der Waals surface area contributed by atoms with Crippen LogP contribution in [0.15, 0.2) is 0 Å². The highest BCUT2D eigenvalue weighted by Gasteiger charge is 2.23. The van der Waals surface area contributed by atoms with E-state index in [1.165, 1.54) is 25.0 Å². The summed E-state index contributed by atoms with van der Waals surface area (Å²) in [6, 6.07) is 0.625. The lowest BCUT2D eigenvalue weighted by Crippen LogP contribution is -2.46. The first kappa shape index (κ1) is 16.8. The molecule has 1 aliphatic rings. The van der Waals surface area contributed by atoms with Gasteiger partial charge in [0.15, 0.2) is 0 Å². The Balaban J connectivity index is 2.17. The lowest BCUT2D eigenvalue weighted by atomic mass is 10.1. The molecular formula is C16H29ClN4. The van der Waals surface area contributed by atoms with E-state index < -0.39 is 0 Å². The van der Waals surface area contributed by atoms with Crippen molar-refractivity contribution in [3.63, 3.8) is 0 Å². The van der Waals surface area contributed by atoms with Crippen LogP contribution in [0, 0.1) is 0 Å². The van der Waals surface area contributed by atoms with Crippen LogP contribution in [-0.4, -0.2) is 40.4 Å². The Labute approximate surface area is 133 Å². The van der Waals surface area contributed by atoms with Gasteiger partial charge in [0.25, 0.3) is 0 Å². The van der Waals surface area contributed by atoms with Crippen LogP contribution in [0.1, 0.15) is 51.4 Å². The predicted molar refractivity (Wildman–Crippen MR) is 88.9 cm³/mol. The molecule has 0 spiro atoms. The van der Waals surface area contributed by atoms with Crippen LogP contribution < -0.4 is 5.32 Å². The minimum Gasteiger partial charge on any atom is -0.315 e. The summed E-state index contributed by atoms with van der Waals surface area (Å²) in [4.78, 5) is 2.58. The Bertz CT molecular complexity index is 438. The lowest BCUT2D eigenvalue weighted by molar-refractivity contribution is 0.154. The quantitative estimate of drug-likeness (QED) is 0.840. The van der Waals surface area contributed by atoms with Crippen molar-refractivity contribution >= 4 is 11.6 Å². The summed E-state index contributed by atoms with van der Waals surface area (Å²) >= 11 is 6.57. The number of hydrogen-bond acceptors (Lipinski definition) is 3. The highest BCUT2D eigenvalue weighted by Crippen LogP contribution is 2.24. The summed E-state index contributed by atoms with van der Waals surface area (Å²) < 4.78 is 2.08. The number of piperidine rings is 1. The molecule has 1 N–H and O–H groups in total. The zero-order valence-electron chi connectivity index (χ0n) is 13.7. The smallest absolute Gasteiger partial charge is 0.0863 e. The number of rotatable bonds is 7. The Hall–Kier alpha value is -0.580. The van der Waals surface area contributed by atoms with E-state index in [-0.39, 0.29) is 0 Å². The minimum absolute atomic E-state index is 0.625. The maximum absolute atomic E-state index is 6.57. The van der Waals surface area contributed by atoms with Crippen molar-refractivity contribution in [2.75, 3.05) is 19.6 Å². The first-order valence-electron chi connectivity index (χ1n) is 8.40. The van der Waals surface area contributed by atoms with Gasteiger partial charge in [0.2, 0.25) is 0 Å². The molecule has 0 bridgehead atoms. The number of nitrogens with zero attached hydrogens (tertiary/aromatic N) is 3. The van der Waals surface area contributed by atoms with Crippen LogP contribution in [0.25, 0.3) is 0 Å². The molecule has 0 amide bonds. The number of halogens is 1. The molecular weight excluding hydrogens is 284 g/mol. The Kier molecular flexibility index (Phi) is 6.52. The van der Waals surface area contributed by atoms with Gasteiger partial charge in [0, 0.05) is 25.7 Å². The number of hydrogen-bond donors (Lipinski definition) is 1. The molecule has 1 atom stereocenters. The summed E-state index contributed by atoms with van der Waals surface area (Å²) in [5.74, 6) is 0. The molecule has 0 aromatic carbocycles. The predicted octanol–water partition coefficient (Wildman–Crippen LogP) is 3.08. The molecule has 0 radical (unpaired) electrons. The SMILES string of the molecule is CCCN(Cc1c(Cl)c(CC)nn1CC)C1CCCNC1. The maximum atomic E-state index is 6.57. The molecule has 1 unspecified atom stereocenters. The Morgan fingerprint density at radius 1 is 1.38 bits per heavy atom. The van der Waals surface area contributed by atoms with E-state index in [2.05, 4.69) is 40.8 Å². The van der Waals surface area contributed by atoms with Gasteiger partial charge < -0.3 is 5.32 Å². The number of aryl methyl sites for hydroxylation is 2. The van der Waals surface area contributed by atoms with Crippen molar-refractivity contribution in [2.45, 2.75) is 65.6 Å². The average molecular weight is 313 g/mol. The topological polar surface area (TPSA) is 33.1 Å². The van der Waals surface area contributed by atoms with Gasteiger partial charge >= 0.3 is 0 Å². The van der Waals surface area contributed by atoms with E-state index in [1.54, 1.807) is 0 Å². The molecule has 2 rings (SSSR count). The Morgan fingerprint density at radius 3 is 2.76 bits per heavy atom. The third-order valence-electron chi connectivity index (χ3n) is 4.35. The minimum atomic E-state index is 0.625. The van der Waals surface area contributed by atoms with Crippen LogP contribution in [0.4, 0.5) is 0 Å². The van der Waals surface area contributed by atoms with Crippen molar-refractivity contribution in [2.24, 2.45) is 0 Å². The van der Waals surface area contributed by atoms with Crippen LogP contribution in [0.5, 0.6) is 0 Å². The van der Waals surface area contributed by atoms with E-state index in [4.69, 9.17) is 11.6 Å². The van der Waals surface area contributed by atoms with Crippen LogP contribution >= 0.6 is 11.6 Å².